The molecular formula is C51H35NO. The maximum absolute atomic E-state index is 6.40. The van der Waals surface area contributed by atoms with Crippen LogP contribution in [0.2, 0.25) is 0 Å². The van der Waals surface area contributed by atoms with E-state index >= 15 is 0 Å². The van der Waals surface area contributed by atoms with Gasteiger partial charge in [0, 0.05) is 39.8 Å². The van der Waals surface area contributed by atoms with Crippen LogP contribution in [0.25, 0.3) is 82.4 Å². The number of rotatable bonds is 4. The molecule has 0 saturated carbocycles. The average Bonchev–Trinajstić information content (AvgIpc) is 3.63. The van der Waals surface area contributed by atoms with Crippen molar-refractivity contribution in [3.63, 3.8) is 0 Å². The van der Waals surface area contributed by atoms with Gasteiger partial charge in [-0.2, -0.15) is 0 Å². The fourth-order valence-corrected chi connectivity index (χ4v) is 8.20. The van der Waals surface area contributed by atoms with Crippen molar-refractivity contribution < 1.29 is 4.42 Å². The summed E-state index contributed by atoms with van der Waals surface area (Å²) in [6, 6.07) is 59.0. The van der Waals surface area contributed by atoms with E-state index in [9.17, 15) is 0 Å². The number of anilines is 2. The SMILES string of the molecule is C=C1/C=C\C=C/CN(c2cccc(-c3c4ccccc4c(-c4ccc(-c5cccc6c5oc5ccccc56)cc4)c4ccccc34)c2)c2ccccc21. The van der Waals surface area contributed by atoms with Crippen LogP contribution < -0.4 is 4.90 Å². The molecule has 0 atom stereocenters. The molecular weight excluding hydrogens is 643 g/mol. The van der Waals surface area contributed by atoms with E-state index in [1.807, 2.05) is 12.1 Å². The fourth-order valence-electron chi connectivity index (χ4n) is 8.20. The van der Waals surface area contributed by atoms with Gasteiger partial charge in [-0.05, 0) is 79.2 Å². The molecule has 53 heavy (non-hydrogen) atoms. The highest BCUT2D eigenvalue weighted by Gasteiger charge is 2.20. The van der Waals surface area contributed by atoms with Crippen molar-refractivity contribution in [3.05, 3.63) is 200 Å². The maximum atomic E-state index is 6.40. The van der Waals surface area contributed by atoms with Crippen molar-refractivity contribution in [1.82, 2.24) is 0 Å². The molecule has 0 aliphatic carbocycles. The summed E-state index contributed by atoms with van der Waals surface area (Å²) in [5.74, 6) is 0. The van der Waals surface area contributed by atoms with Crippen molar-refractivity contribution in [2.45, 2.75) is 0 Å². The molecule has 1 aliphatic heterocycles. The van der Waals surface area contributed by atoms with E-state index in [-0.39, 0.29) is 0 Å². The number of benzene rings is 8. The van der Waals surface area contributed by atoms with Crippen LogP contribution in [0.3, 0.4) is 0 Å². The highest BCUT2D eigenvalue weighted by Crippen LogP contribution is 2.45. The zero-order chi connectivity index (χ0) is 35.3. The zero-order valence-corrected chi connectivity index (χ0v) is 29.2. The number of hydrogen-bond donors (Lipinski definition) is 0. The molecule has 250 valence electrons. The fraction of sp³-hybridized carbons (Fsp3) is 0.0196. The molecule has 8 aromatic carbocycles. The van der Waals surface area contributed by atoms with Gasteiger partial charge >= 0.3 is 0 Å². The topological polar surface area (TPSA) is 16.4 Å². The standard InChI is InChI=1S/C51H35NO/c1-34-15-3-2-12-32-52(47-26-10-8-18-39(34)47)38-17-13-16-37(33-38)50-44-22-6-4-20-42(44)49(43-21-5-7-23-45(43)50)36-30-28-35(29-31-36)40-24-14-25-46-41-19-9-11-27-48(41)53-51(40)46/h2-31,33H,1,32H2/b12-2-,15-3-. The van der Waals surface area contributed by atoms with E-state index in [2.05, 4.69) is 187 Å². The first-order chi connectivity index (χ1) is 26.2. The molecule has 2 nitrogen and oxygen atoms in total. The minimum absolute atomic E-state index is 0.749. The quantitative estimate of drug-likeness (QED) is 0.172. The van der Waals surface area contributed by atoms with Gasteiger partial charge in [-0.3, -0.25) is 0 Å². The van der Waals surface area contributed by atoms with E-state index in [1.165, 1.54) is 43.8 Å². The normalized spacial score (nSPS) is 14.3. The summed E-state index contributed by atoms with van der Waals surface area (Å²) in [6.45, 7) is 5.13. The van der Waals surface area contributed by atoms with Gasteiger partial charge in [0.15, 0.2) is 0 Å². The molecule has 0 amide bonds. The second-order valence-electron chi connectivity index (χ2n) is 13.7. The molecule has 1 aromatic heterocycles. The second kappa shape index (κ2) is 12.7. The molecule has 0 saturated heterocycles. The molecule has 0 spiro atoms. The monoisotopic (exact) mass is 677 g/mol. The zero-order valence-electron chi connectivity index (χ0n) is 29.2. The van der Waals surface area contributed by atoms with Crippen LogP contribution in [0.1, 0.15) is 5.56 Å². The Morgan fingerprint density at radius 2 is 1.06 bits per heavy atom. The Balaban J connectivity index is 1.12. The van der Waals surface area contributed by atoms with Crippen LogP contribution in [0, 0.1) is 0 Å². The molecule has 0 N–H and O–H groups in total. The van der Waals surface area contributed by atoms with Gasteiger partial charge in [0.05, 0.1) is 0 Å². The molecule has 0 radical (unpaired) electrons. The molecule has 0 fully saturated rings. The Morgan fingerprint density at radius 3 is 1.81 bits per heavy atom. The Labute approximate surface area is 308 Å². The second-order valence-corrected chi connectivity index (χ2v) is 13.7. The summed E-state index contributed by atoms with van der Waals surface area (Å²) in [5, 5.41) is 7.22. The Morgan fingerprint density at radius 1 is 0.472 bits per heavy atom. The van der Waals surface area contributed by atoms with Crippen molar-refractivity contribution in [2.75, 3.05) is 11.4 Å². The van der Waals surface area contributed by atoms with Crippen LogP contribution in [-0.2, 0) is 0 Å². The number of allylic oxidation sites excluding steroid dienone is 4. The molecule has 0 unspecified atom stereocenters. The molecule has 0 bridgehead atoms. The summed E-state index contributed by atoms with van der Waals surface area (Å²) >= 11 is 0. The number of nitrogens with zero attached hydrogens (tertiary/aromatic N) is 1. The van der Waals surface area contributed by atoms with Gasteiger partial charge < -0.3 is 9.32 Å². The lowest BCUT2D eigenvalue weighted by molar-refractivity contribution is 0.670. The lowest BCUT2D eigenvalue weighted by atomic mass is 9.85. The first kappa shape index (κ1) is 30.9. The van der Waals surface area contributed by atoms with Crippen LogP contribution >= 0.6 is 0 Å². The minimum atomic E-state index is 0.749. The predicted octanol–water partition coefficient (Wildman–Crippen LogP) is 14.2. The van der Waals surface area contributed by atoms with Gasteiger partial charge in [-0.1, -0.05) is 170 Å². The first-order valence-electron chi connectivity index (χ1n) is 18.2. The van der Waals surface area contributed by atoms with Gasteiger partial charge in [-0.25, -0.2) is 0 Å². The summed E-state index contributed by atoms with van der Waals surface area (Å²) in [7, 11) is 0. The highest BCUT2D eigenvalue weighted by atomic mass is 16.3. The average molecular weight is 678 g/mol. The van der Waals surface area contributed by atoms with Gasteiger partial charge in [0.25, 0.3) is 0 Å². The third-order valence-corrected chi connectivity index (χ3v) is 10.6. The van der Waals surface area contributed by atoms with E-state index in [0.29, 0.717) is 0 Å². The number of para-hydroxylation sites is 3. The highest BCUT2D eigenvalue weighted by molar-refractivity contribution is 6.21. The van der Waals surface area contributed by atoms with Crippen molar-refractivity contribution in [2.24, 2.45) is 0 Å². The third-order valence-electron chi connectivity index (χ3n) is 10.6. The van der Waals surface area contributed by atoms with E-state index in [0.717, 1.165) is 62.1 Å². The summed E-state index contributed by atoms with van der Waals surface area (Å²) in [6.07, 6.45) is 8.48. The Hall–Kier alpha value is -6.90. The number of furan rings is 1. The Bertz CT molecular complexity index is 2880. The molecule has 2 heteroatoms. The third kappa shape index (κ3) is 5.19. The van der Waals surface area contributed by atoms with Crippen molar-refractivity contribution >= 4 is 60.4 Å². The number of fused-ring (bicyclic) bond motifs is 6. The summed E-state index contributed by atoms with van der Waals surface area (Å²) in [4.78, 5) is 2.39. The van der Waals surface area contributed by atoms with E-state index in [4.69, 9.17) is 4.42 Å². The predicted molar refractivity (Wildman–Crippen MR) is 226 cm³/mol. The van der Waals surface area contributed by atoms with E-state index < -0.39 is 0 Å². The largest absolute Gasteiger partial charge is 0.455 e. The molecule has 1 aliphatic rings. The minimum Gasteiger partial charge on any atom is -0.455 e. The van der Waals surface area contributed by atoms with Gasteiger partial charge in [-0.15, -0.1) is 0 Å². The smallest absolute Gasteiger partial charge is 0.143 e. The van der Waals surface area contributed by atoms with Crippen LogP contribution in [-0.4, -0.2) is 6.54 Å². The maximum Gasteiger partial charge on any atom is 0.143 e. The van der Waals surface area contributed by atoms with Crippen molar-refractivity contribution in [3.8, 4) is 33.4 Å². The van der Waals surface area contributed by atoms with E-state index in [1.54, 1.807) is 0 Å². The Kier molecular flexibility index (Phi) is 7.40. The molecule has 9 aromatic rings. The summed E-state index contributed by atoms with van der Waals surface area (Å²) in [5.41, 5.74) is 13.4. The molecule has 10 rings (SSSR count). The van der Waals surface area contributed by atoms with Gasteiger partial charge in [0.2, 0.25) is 0 Å². The lowest BCUT2D eigenvalue weighted by Crippen LogP contribution is -2.18. The molecule has 2 heterocycles. The first-order valence-corrected chi connectivity index (χ1v) is 18.2. The lowest BCUT2D eigenvalue weighted by Gasteiger charge is -2.27. The summed E-state index contributed by atoms with van der Waals surface area (Å²) < 4.78 is 6.40. The van der Waals surface area contributed by atoms with Crippen LogP contribution in [0.5, 0.6) is 0 Å². The van der Waals surface area contributed by atoms with Gasteiger partial charge in [0.1, 0.15) is 11.2 Å². The van der Waals surface area contributed by atoms with Crippen LogP contribution in [0.4, 0.5) is 11.4 Å². The van der Waals surface area contributed by atoms with Crippen molar-refractivity contribution in [1.29, 1.82) is 0 Å². The number of hydrogen-bond acceptors (Lipinski definition) is 2. The van der Waals surface area contributed by atoms with Crippen LogP contribution in [0.15, 0.2) is 199 Å².